The van der Waals surface area contributed by atoms with Crippen molar-refractivity contribution in [3.05, 3.63) is 29.8 Å². The predicted octanol–water partition coefficient (Wildman–Crippen LogP) is 1.24. The van der Waals surface area contributed by atoms with Crippen molar-refractivity contribution >= 4 is 34.8 Å². The second-order valence-electron chi connectivity index (χ2n) is 5.71. The Labute approximate surface area is 144 Å². The van der Waals surface area contributed by atoms with Crippen LogP contribution >= 0.6 is 24.8 Å². The molecule has 0 unspecified atom stereocenters. The Bertz CT molecular complexity index is 595. The number of halogens is 2. The van der Waals surface area contributed by atoms with Gasteiger partial charge in [0.25, 0.3) is 0 Å². The summed E-state index contributed by atoms with van der Waals surface area (Å²) in [5, 5.41) is 0. The molecular formula is C14H23Cl2N3O2S. The SMILES string of the molecule is Cc1ccc(S(=O)(=O)N2C[C@@H]3C[C@H]2CN3CCN)cc1.Cl.Cl. The molecule has 0 saturated carbocycles. The lowest BCUT2D eigenvalue weighted by Crippen LogP contribution is -2.49. The Morgan fingerprint density at radius 1 is 1.14 bits per heavy atom. The van der Waals surface area contributed by atoms with E-state index in [9.17, 15) is 8.42 Å². The maximum absolute atomic E-state index is 12.7. The van der Waals surface area contributed by atoms with Crippen LogP contribution in [0.5, 0.6) is 0 Å². The van der Waals surface area contributed by atoms with Gasteiger partial charge in [-0.25, -0.2) is 8.42 Å². The molecule has 1 aromatic rings. The molecule has 2 aliphatic heterocycles. The van der Waals surface area contributed by atoms with Gasteiger partial charge in [-0.1, -0.05) is 17.7 Å². The number of benzene rings is 1. The summed E-state index contributed by atoms with van der Waals surface area (Å²) in [6.45, 7) is 4.86. The first-order chi connectivity index (χ1) is 9.52. The van der Waals surface area contributed by atoms with Crippen molar-refractivity contribution in [3.63, 3.8) is 0 Å². The molecule has 2 saturated heterocycles. The molecule has 0 spiro atoms. The fourth-order valence-electron chi connectivity index (χ4n) is 3.29. The highest BCUT2D eigenvalue weighted by Crippen LogP contribution is 2.34. The largest absolute Gasteiger partial charge is 0.329 e. The molecule has 0 aromatic heterocycles. The molecule has 0 amide bonds. The van der Waals surface area contributed by atoms with Gasteiger partial charge in [-0.3, -0.25) is 4.90 Å². The molecule has 2 fully saturated rings. The summed E-state index contributed by atoms with van der Waals surface area (Å²) in [5.41, 5.74) is 6.66. The highest BCUT2D eigenvalue weighted by Gasteiger charge is 2.47. The van der Waals surface area contributed by atoms with Crippen LogP contribution in [0.25, 0.3) is 0 Å². The minimum atomic E-state index is -3.35. The molecule has 2 atom stereocenters. The van der Waals surface area contributed by atoms with Crippen LogP contribution < -0.4 is 5.73 Å². The molecule has 2 bridgehead atoms. The van der Waals surface area contributed by atoms with E-state index in [0.29, 0.717) is 24.0 Å². The second-order valence-corrected chi connectivity index (χ2v) is 7.61. The smallest absolute Gasteiger partial charge is 0.243 e. The minimum absolute atomic E-state index is 0. The van der Waals surface area contributed by atoms with Crippen molar-refractivity contribution in [2.45, 2.75) is 30.3 Å². The van der Waals surface area contributed by atoms with Crippen molar-refractivity contribution < 1.29 is 8.42 Å². The number of piperazine rings is 1. The molecule has 1 aromatic carbocycles. The topological polar surface area (TPSA) is 66.6 Å². The third kappa shape index (κ3) is 3.42. The third-order valence-electron chi connectivity index (χ3n) is 4.35. The van der Waals surface area contributed by atoms with E-state index in [1.165, 1.54) is 0 Å². The van der Waals surface area contributed by atoms with Crippen LogP contribution in [-0.4, -0.2) is 55.9 Å². The minimum Gasteiger partial charge on any atom is -0.329 e. The Hall–Kier alpha value is -0.370. The van der Waals surface area contributed by atoms with Gasteiger partial charge >= 0.3 is 0 Å². The normalized spacial score (nSPS) is 24.8. The number of nitrogens with zero attached hydrogens (tertiary/aromatic N) is 2. The van der Waals surface area contributed by atoms with E-state index >= 15 is 0 Å². The summed E-state index contributed by atoms with van der Waals surface area (Å²) in [6.07, 6.45) is 0.936. The van der Waals surface area contributed by atoms with Gasteiger partial charge in [0.15, 0.2) is 0 Å². The molecule has 2 aliphatic rings. The number of likely N-dealkylation sites (tertiary alicyclic amines) is 1. The van der Waals surface area contributed by atoms with Gasteiger partial charge in [0.05, 0.1) is 4.90 Å². The first-order valence-electron chi connectivity index (χ1n) is 7.05. The first kappa shape index (κ1) is 19.7. The van der Waals surface area contributed by atoms with Crippen LogP contribution in [0.2, 0.25) is 0 Å². The van der Waals surface area contributed by atoms with Gasteiger partial charge in [-0.05, 0) is 25.5 Å². The average molecular weight is 368 g/mol. The number of sulfonamides is 1. The molecule has 8 heteroatoms. The first-order valence-corrected chi connectivity index (χ1v) is 8.49. The summed E-state index contributed by atoms with van der Waals surface area (Å²) < 4.78 is 27.0. The number of hydrogen-bond donors (Lipinski definition) is 1. The van der Waals surface area contributed by atoms with Gasteiger partial charge in [-0.15, -0.1) is 24.8 Å². The van der Waals surface area contributed by atoms with E-state index in [4.69, 9.17) is 5.73 Å². The number of nitrogens with two attached hydrogens (primary N) is 1. The van der Waals surface area contributed by atoms with Crippen LogP contribution in [0, 0.1) is 6.92 Å². The van der Waals surface area contributed by atoms with Crippen molar-refractivity contribution in [1.29, 1.82) is 0 Å². The number of aryl methyl sites for hydroxylation is 1. The van der Waals surface area contributed by atoms with Crippen LogP contribution in [-0.2, 0) is 10.0 Å². The standard InChI is InChI=1S/C14H21N3O2S.2ClH/c1-11-2-4-14(5-3-11)20(18,19)17-10-12-8-13(17)9-16(12)7-6-15;;/h2-5,12-13H,6-10,15H2,1H3;2*1H/t12-,13-;;/m0../s1. The van der Waals surface area contributed by atoms with E-state index in [2.05, 4.69) is 4.90 Å². The van der Waals surface area contributed by atoms with Crippen LogP contribution in [0.15, 0.2) is 29.2 Å². The van der Waals surface area contributed by atoms with E-state index in [1.54, 1.807) is 16.4 Å². The maximum atomic E-state index is 12.7. The zero-order chi connectivity index (χ0) is 14.3. The lowest BCUT2D eigenvalue weighted by molar-refractivity contribution is 0.186. The quantitative estimate of drug-likeness (QED) is 0.869. The average Bonchev–Trinajstić information content (AvgIpc) is 2.99. The summed E-state index contributed by atoms with van der Waals surface area (Å²) >= 11 is 0. The van der Waals surface area contributed by atoms with Crippen LogP contribution in [0.3, 0.4) is 0 Å². The fourth-order valence-corrected chi connectivity index (χ4v) is 4.96. The monoisotopic (exact) mass is 367 g/mol. The molecular weight excluding hydrogens is 345 g/mol. The van der Waals surface area contributed by atoms with Gasteiger partial charge in [0.2, 0.25) is 10.0 Å². The Morgan fingerprint density at radius 2 is 1.77 bits per heavy atom. The number of fused-ring (bicyclic) bond motifs is 2. The molecule has 2 heterocycles. The molecule has 5 nitrogen and oxygen atoms in total. The van der Waals surface area contributed by atoms with E-state index in [-0.39, 0.29) is 30.9 Å². The predicted molar refractivity (Wildman–Crippen MR) is 92.4 cm³/mol. The Balaban J connectivity index is 0.00000121. The summed E-state index contributed by atoms with van der Waals surface area (Å²) in [6, 6.07) is 7.55. The molecule has 0 aliphatic carbocycles. The zero-order valence-corrected chi connectivity index (χ0v) is 15.0. The lowest BCUT2D eigenvalue weighted by atomic mass is 10.2. The third-order valence-corrected chi connectivity index (χ3v) is 6.28. The van der Waals surface area contributed by atoms with Crippen molar-refractivity contribution in [1.82, 2.24) is 9.21 Å². The van der Waals surface area contributed by atoms with Gasteiger partial charge in [-0.2, -0.15) is 4.31 Å². The molecule has 2 N–H and O–H groups in total. The Kier molecular flexibility index (Phi) is 6.68. The number of hydrogen-bond acceptors (Lipinski definition) is 4. The maximum Gasteiger partial charge on any atom is 0.243 e. The van der Waals surface area contributed by atoms with Gasteiger partial charge in [0, 0.05) is 38.3 Å². The number of rotatable bonds is 4. The van der Waals surface area contributed by atoms with E-state index in [0.717, 1.165) is 25.1 Å². The van der Waals surface area contributed by atoms with Crippen molar-refractivity contribution in [2.75, 3.05) is 26.2 Å². The fraction of sp³-hybridized carbons (Fsp3) is 0.571. The highest BCUT2D eigenvalue weighted by molar-refractivity contribution is 7.89. The van der Waals surface area contributed by atoms with Crippen molar-refractivity contribution in [3.8, 4) is 0 Å². The van der Waals surface area contributed by atoms with E-state index in [1.807, 2.05) is 19.1 Å². The van der Waals surface area contributed by atoms with Crippen LogP contribution in [0.4, 0.5) is 0 Å². The summed E-state index contributed by atoms with van der Waals surface area (Å²) in [7, 11) is -3.35. The highest BCUT2D eigenvalue weighted by atomic mass is 35.5. The second kappa shape index (κ2) is 7.47. The molecule has 0 radical (unpaired) electrons. The van der Waals surface area contributed by atoms with Gasteiger partial charge < -0.3 is 5.73 Å². The van der Waals surface area contributed by atoms with E-state index < -0.39 is 10.0 Å². The van der Waals surface area contributed by atoms with Gasteiger partial charge in [0.1, 0.15) is 0 Å². The molecule has 3 rings (SSSR count). The summed E-state index contributed by atoms with van der Waals surface area (Å²) in [5.74, 6) is 0. The summed E-state index contributed by atoms with van der Waals surface area (Å²) in [4.78, 5) is 2.72. The Morgan fingerprint density at radius 3 is 2.27 bits per heavy atom. The molecule has 22 heavy (non-hydrogen) atoms. The molecule has 126 valence electrons. The van der Waals surface area contributed by atoms with Crippen LogP contribution in [0.1, 0.15) is 12.0 Å². The lowest BCUT2D eigenvalue weighted by Gasteiger charge is -2.33. The zero-order valence-electron chi connectivity index (χ0n) is 12.5. The van der Waals surface area contributed by atoms with Crippen molar-refractivity contribution in [2.24, 2.45) is 5.73 Å².